The van der Waals surface area contributed by atoms with Crippen LogP contribution in [-0.4, -0.2) is 20.4 Å². The van der Waals surface area contributed by atoms with Crippen molar-refractivity contribution in [2.45, 2.75) is 20.8 Å². The van der Waals surface area contributed by atoms with Crippen molar-refractivity contribution < 1.29 is 9.72 Å². The smallest absolute Gasteiger partial charge is 0.297 e. The zero-order valence-corrected chi connectivity index (χ0v) is 14.2. The molecule has 1 amide bonds. The number of benzene rings is 2. The molecular formula is C18H18N4O3. The number of nitro benzene ring substituents is 1. The van der Waals surface area contributed by atoms with Crippen LogP contribution in [0.5, 0.6) is 0 Å². The van der Waals surface area contributed by atoms with Gasteiger partial charge in [-0.3, -0.25) is 19.5 Å². The van der Waals surface area contributed by atoms with E-state index < -0.39 is 10.3 Å². The molecule has 0 radical (unpaired) electrons. The molecule has 0 aliphatic carbocycles. The van der Waals surface area contributed by atoms with Gasteiger partial charge in [-0.05, 0) is 24.3 Å². The quantitative estimate of drug-likeness (QED) is 0.579. The summed E-state index contributed by atoms with van der Waals surface area (Å²) in [5.74, 6) is -0.0872. The minimum atomic E-state index is -0.502. The first-order valence-electron chi connectivity index (χ1n) is 7.80. The van der Waals surface area contributed by atoms with Crippen molar-refractivity contribution >= 4 is 28.3 Å². The molecule has 0 fully saturated rings. The molecule has 0 spiro atoms. The fraction of sp³-hybridized carbons (Fsp3) is 0.222. The fourth-order valence-corrected chi connectivity index (χ4v) is 2.43. The van der Waals surface area contributed by atoms with Crippen LogP contribution >= 0.6 is 0 Å². The summed E-state index contributed by atoms with van der Waals surface area (Å²) < 4.78 is 1.76. The lowest BCUT2D eigenvalue weighted by Crippen LogP contribution is -2.27. The Bertz CT molecular complexity index is 970. The summed E-state index contributed by atoms with van der Waals surface area (Å²) in [6, 6.07) is 12.1. The van der Waals surface area contributed by atoms with E-state index >= 15 is 0 Å². The molecule has 7 nitrogen and oxygen atoms in total. The van der Waals surface area contributed by atoms with Crippen molar-refractivity contribution in [2.24, 2.45) is 5.41 Å². The molecule has 7 heteroatoms. The summed E-state index contributed by atoms with van der Waals surface area (Å²) in [7, 11) is 0. The number of aromatic nitrogens is 2. The maximum Gasteiger partial charge on any atom is 0.297 e. The zero-order valence-electron chi connectivity index (χ0n) is 14.2. The second-order valence-electron chi connectivity index (χ2n) is 6.77. The minimum absolute atomic E-state index is 0.0339. The predicted molar refractivity (Wildman–Crippen MR) is 95.8 cm³/mol. The van der Waals surface area contributed by atoms with E-state index in [1.165, 1.54) is 6.07 Å². The molecular weight excluding hydrogens is 320 g/mol. The van der Waals surface area contributed by atoms with Gasteiger partial charge in [0.05, 0.1) is 10.4 Å². The number of carbonyl (C=O) groups excluding carboxylic acids is 1. The molecule has 2 aromatic carbocycles. The van der Waals surface area contributed by atoms with Gasteiger partial charge in [0, 0.05) is 22.9 Å². The molecule has 128 valence electrons. The second kappa shape index (κ2) is 6.01. The van der Waals surface area contributed by atoms with Gasteiger partial charge >= 0.3 is 0 Å². The summed E-state index contributed by atoms with van der Waals surface area (Å²) in [6.45, 7) is 5.53. The monoisotopic (exact) mass is 338 g/mol. The Morgan fingerprint density at radius 2 is 1.92 bits per heavy atom. The van der Waals surface area contributed by atoms with E-state index in [0.717, 1.165) is 5.69 Å². The number of fused-ring (bicyclic) bond motifs is 1. The van der Waals surface area contributed by atoms with Crippen LogP contribution in [0.2, 0.25) is 0 Å². The Balaban J connectivity index is 2.02. The van der Waals surface area contributed by atoms with Gasteiger partial charge in [0.15, 0.2) is 5.52 Å². The number of hydrogen-bond donors (Lipinski definition) is 1. The van der Waals surface area contributed by atoms with Crippen LogP contribution in [0.1, 0.15) is 20.8 Å². The van der Waals surface area contributed by atoms with Crippen LogP contribution in [0.15, 0.2) is 48.8 Å². The van der Waals surface area contributed by atoms with Gasteiger partial charge in [-0.2, -0.15) is 0 Å². The molecule has 1 N–H and O–H groups in total. The van der Waals surface area contributed by atoms with E-state index in [9.17, 15) is 14.9 Å². The first-order chi connectivity index (χ1) is 11.8. The van der Waals surface area contributed by atoms with Crippen molar-refractivity contribution in [1.29, 1.82) is 0 Å². The van der Waals surface area contributed by atoms with Gasteiger partial charge in [-0.1, -0.05) is 32.9 Å². The highest BCUT2D eigenvalue weighted by molar-refractivity contribution is 5.95. The first-order valence-corrected chi connectivity index (χ1v) is 7.80. The molecule has 1 aromatic heterocycles. The van der Waals surface area contributed by atoms with Gasteiger partial charge in [0.25, 0.3) is 5.69 Å². The lowest BCUT2D eigenvalue weighted by molar-refractivity contribution is -0.383. The Kier molecular flexibility index (Phi) is 4.00. The van der Waals surface area contributed by atoms with Crippen molar-refractivity contribution in [3.05, 3.63) is 58.9 Å². The van der Waals surface area contributed by atoms with Crippen LogP contribution < -0.4 is 5.32 Å². The fourth-order valence-electron chi connectivity index (χ4n) is 2.43. The lowest BCUT2D eigenvalue weighted by Gasteiger charge is -2.18. The van der Waals surface area contributed by atoms with Crippen molar-refractivity contribution in [3.8, 4) is 5.69 Å². The largest absolute Gasteiger partial charge is 0.326 e. The number of hydrogen-bond acceptors (Lipinski definition) is 4. The summed E-state index contributed by atoms with van der Waals surface area (Å²) in [4.78, 5) is 27.0. The number of nitrogens with one attached hydrogen (secondary N) is 1. The maximum atomic E-state index is 12.2. The highest BCUT2D eigenvalue weighted by Gasteiger charge is 2.21. The molecule has 0 atom stereocenters. The van der Waals surface area contributed by atoms with Crippen LogP contribution in [0.25, 0.3) is 16.7 Å². The van der Waals surface area contributed by atoms with E-state index in [0.29, 0.717) is 16.7 Å². The van der Waals surface area contributed by atoms with Gasteiger partial charge in [0.2, 0.25) is 5.91 Å². The molecule has 0 bridgehead atoms. The molecule has 0 saturated carbocycles. The predicted octanol–water partition coefficient (Wildman–Crippen LogP) is 3.92. The summed E-state index contributed by atoms with van der Waals surface area (Å²) in [5.41, 5.74) is 1.84. The summed E-state index contributed by atoms with van der Waals surface area (Å²) in [6.07, 6.45) is 1.54. The molecule has 3 aromatic rings. The molecule has 0 aliphatic heterocycles. The van der Waals surface area contributed by atoms with Crippen LogP contribution in [0.3, 0.4) is 0 Å². The summed E-state index contributed by atoms with van der Waals surface area (Å²) >= 11 is 0. The molecule has 1 heterocycles. The number of nitro groups is 1. The highest BCUT2D eigenvalue weighted by Crippen LogP contribution is 2.27. The van der Waals surface area contributed by atoms with Crippen molar-refractivity contribution in [3.63, 3.8) is 0 Å². The Morgan fingerprint density at radius 3 is 2.60 bits per heavy atom. The normalized spacial score (nSPS) is 11.5. The maximum absolute atomic E-state index is 12.2. The zero-order chi connectivity index (χ0) is 18.2. The second-order valence-corrected chi connectivity index (χ2v) is 6.77. The van der Waals surface area contributed by atoms with E-state index in [1.54, 1.807) is 29.1 Å². The standard InChI is InChI=1S/C18H18N4O3/c1-18(2,3)17(23)20-12-6-4-7-13(10-12)21-11-19-16-14(21)8-5-9-15(16)22(24)25/h4-11H,1-3H3,(H,20,23). The lowest BCUT2D eigenvalue weighted by atomic mass is 9.95. The highest BCUT2D eigenvalue weighted by atomic mass is 16.6. The number of non-ortho nitro benzene ring substituents is 1. The minimum Gasteiger partial charge on any atom is -0.326 e. The van der Waals surface area contributed by atoms with Crippen LogP contribution in [0.4, 0.5) is 11.4 Å². The topological polar surface area (TPSA) is 90.1 Å². The van der Waals surface area contributed by atoms with Gasteiger partial charge in [-0.15, -0.1) is 0 Å². The third-order valence-electron chi connectivity index (χ3n) is 3.82. The van der Waals surface area contributed by atoms with Crippen LogP contribution in [-0.2, 0) is 4.79 Å². The van der Waals surface area contributed by atoms with Crippen molar-refractivity contribution in [2.75, 3.05) is 5.32 Å². The number of para-hydroxylation sites is 1. The number of anilines is 1. The number of carbonyl (C=O) groups is 1. The average Bonchev–Trinajstić information content (AvgIpc) is 2.98. The van der Waals surface area contributed by atoms with E-state index in [2.05, 4.69) is 10.3 Å². The van der Waals surface area contributed by atoms with E-state index in [4.69, 9.17) is 0 Å². The van der Waals surface area contributed by atoms with Crippen LogP contribution in [0, 0.1) is 15.5 Å². The third-order valence-corrected chi connectivity index (χ3v) is 3.82. The Labute approximate surface area is 144 Å². The number of amides is 1. The third kappa shape index (κ3) is 3.21. The van der Waals surface area contributed by atoms with Gasteiger partial charge < -0.3 is 5.32 Å². The average molecular weight is 338 g/mol. The van der Waals surface area contributed by atoms with E-state index in [-0.39, 0.29) is 11.6 Å². The number of rotatable bonds is 3. The molecule has 3 rings (SSSR count). The van der Waals surface area contributed by atoms with Gasteiger partial charge in [-0.25, -0.2) is 4.98 Å². The first kappa shape index (κ1) is 16.6. The van der Waals surface area contributed by atoms with Gasteiger partial charge in [0.1, 0.15) is 6.33 Å². The molecule has 0 aliphatic rings. The molecule has 0 saturated heterocycles. The number of nitrogens with zero attached hydrogens (tertiary/aromatic N) is 3. The Morgan fingerprint density at radius 1 is 1.20 bits per heavy atom. The number of imidazole rings is 1. The molecule has 0 unspecified atom stereocenters. The Hall–Kier alpha value is -3.22. The SMILES string of the molecule is CC(C)(C)C(=O)Nc1cccc(-n2cnc3c([N+](=O)[O-])cccc32)c1. The van der Waals surface area contributed by atoms with Crippen molar-refractivity contribution in [1.82, 2.24) is 9.55 Å². The summed E-state index contributed by atoms with van der Waals surface area (Å²) in [5, 5.41) is 14.0. The molecule has 25 heavy (non-hydrogen) atoms. The van der Waals surface area contributed by atoms with E-state index in [1.807, 2.05) is 39.0 Å².